The molecule has 10 aromatic carbocycles. The molecule has 2 atom stereocenters. The molecule has 0 aromatic heterocycles. The Morgan fingerprint density at radius 3 is 0.802 bits per heavy atom. The zero-order valence-corrected chi connectivity index (χ0v) is 66.0. The summed E-state index contributed by atoms with van der Waals surface area (Å²) in [5, 5.41) is 54.7. The van der Waals surface area contributed by atoms with Crippen LogP contribution < -0.4 is 20.0 Å². The van der Waals surface area contributed by atoms with Crippen LogP contribution in [0.2, 0.25) is 0 Å². The van der Waals surface area contributed by atoms with E-state index in [0.717, 1.165) is 116 Å². The van der Waals surface area contributed by atoms with Gasteiger partial charge in [0.15, 0.2) is 0 Å². The molecule has 2 N–H and O–H groups in total. The monoisotopic (exact) mass is 1400 g/mol. The number of phenolic OH excluding ortho intramolecular Hbond substituents is 2. The van der Waals surface area contributed by atoms with Gasteiger partial charge in [-0.15, -0.1) is 12.2 Å². The number of anilines is 6. The number of benzene rings is 10. The van der Waals surface area contributed by atoms with E-state index in [2.05, 4.69) is 290 Å². The molecule has 0 radical (unpaired) electrons. The SMILES string of the molecule is CCC1(CC)CC(C)(C)c2c(-c3ccc(N(c4ccc(-c5cccc6c5C(C)(C)CC6(CC)CC)cc4)c4ccc(C5C([O-])C(c6ccc(N(c7ccc(-c8cccc9c8C(C)(C)CC9(CC)CC)cc7)c7ccc(-c8cccc9c8C(CC)(CC)CC9(C)C)cc7)cc6O)C5[O-])c(O)c4)cc3)cccc21. The third-order valence-electron chi connectivity index (χ3n) is 28.2. The summed E-state index contributed by atoms with van der Waals surface area (Å²) in [6.45, 7) is 38.0. The van der Waals surface area contributed by atoms with Gasteiger partial charge in [-0.05, 0) is 293 Å². The van der Waals surface area contributed by atoms with Crippen LogP contribution >= 0.6 is 0 Å². The molecule has 2 unspecified atom stereocenters. The average Bonchev–Trinajstić information content (AvgIpc) is 1.53. The Balaban J connectivity index is 0.758. The first-order valence-electron chi connectivity index (χ1n) is 40.2. The van der Waals surface area contributed by atoms with Gasteiger partial charge in [0.05, 0.1) is 0 Å². The Morgan fingerprint density at radius 1 is 0.292 bits per heavy atom. The lowest BCUT2D eigenvalue weighted by Crippen LogP contribution is -2.63. The summed E-state index contributed by atoms with van der Waals surface area (Å²) in [7, 11) is 0. The van der Waals surface area contributed by atoms with Crippen molar-refractivity contribution >= 4 is 34.1 Å². The van der Waals surface area contributed by atoms with Crippen LogP contribution in [0.4, 0.5) is 34.1 Å². The van der Waals surface area contributed by atoms with E-state index in [-0.39, 0.29) is 54.8 Å². The van der Waals surface area contributed by atoms with E-state index >= 15 is 0 Å². The van der Waals surface area contributed by atoms with Gasteiger partial charge in [-0.1, -0.05) is 244 Å². The molecule has 0 aliphatic heterocycles. The van der Waals surface area contributed by atoms with Gasteiger partial charge in [0.1, 0.15) is 11.5 Å². The van der Waals surface area contributed by atoms with Crippen molar-refractivity contribution in [3.05, 3.63) is 262 Å². The van der Waals surface area contributed by atoms with E-state index in [1.54, 1.807) is 24.3 Å². The molecule has 0 bridgehead atoms. The fourth-order valence-corrected chi connectivity index (χ4v) is 22.8. The quantitative estimate of drug-likeness (QED) is 0.0790. The number of aromatic hydroxyl groups is 2. The van der Waals surface area contributed by atoms with E-state index in [4.69, 9.17) is 0 Å². The summed E-state index contributed by atoms with van der Waals surface area (Å²) in [5.74, 6) is -2.29. The number of nitrogens with zero attached hydrogens (tertiary/aromatic N) is 2. The Bertz CT molecular complexity index is 4820. The smallest absolute Gasteiger partial charge is 0.121 e. The Labute approximate surface area is 633 Å². The highest BCUT2D eigenvalue weighted by Gasteiger charge is 2.51. The van der Waals surface area contributed by atoms with E-state index in [1.807, 2.05) is 12.1 Å². The van der Waals surface area contributed by atoms with Crippen LogP contribution in [0, 0.1) is 0 Å². The van der Waals surface area contributed by atoms with E-state index in [0.29, 0.717) is 22.5 Å². The van der Waals surface area contributed by atoms with E-state index in [9.17, 15) is 20.4 Å². The predicted octanol–water partition coefficient (Wildman–Crippen LogP) is 25.0. The zero-order chi connectivity index (χ0) is 75.0. The second-order valence-electron chi connectivity index (χ2n) is 35.4. The van der Waals surface area contributed by atoms with Gasteiger partial charge >= 0.3 is 0 Å². The minimum absolute atomic E-state index is 0.00697. The summed E-state index contributed by atoms with van der Waals surface area (Å²) >= 11 is 0. The van der Waals surface area contributed by atoms with Crippen molar-refractivity contribution < 1.29 is 20.4 Å². The first-order chi connectivity index (χ1) is 50.7. The van der Waals surface area contributed by atoms with Crippen molar-refractivity contribution in [3.8, 4) is 56.0 Å². The third kappa shape index (κ3) is 11.4. The third-order valence-corrected chi connectivity index (χ3v) is 28.2. The second kappa shape index (κ2) is 26.6. The second-order valence-corrected chi connectivity index (χ2v) is 35.4. The number of hydrogen-bond acceptors (Lipinski definition) is 6. The maximum absolute atomic E-state index is 15.0. The minimum Gasteiger partial charge on any atom is -0.851 e. The van der Waals surface area contributed by atoms with Crippen LogP contribution in [0.3, 0.4) is 0 Å². The van der Waals surface area contributed by atoms with Gasteiger partial charge < -0.3 is 30.2 Å². The summed E-state index contributed by atoms with van der Waals surface area (Å²) in [6, 6.07) is 73.8. The summed E-state index contributed by atoms with van der Waals surface area (Å²) in [6.07, 6.45) is 10.4. The van der Waals surface area contributed by atoms with Crippen LogP contribution in [-0.4, -0.2) is 22.4 Å². The predicted molar refractivity (Wildman–Crippen MR) is 440 cm³/mol. The molecule has 0 spiro atoms. The Morgan fingerprint density at radius 2 is 0.538 bits per heavy atom. The van der Waals surface area contributed by atoms with Gasteiger partial charge in [-0.2, -0.15) is 0 Å². The lowest BCUT2D eigenvalue weighted by molar-refractivity contribution is -0.536. The fourth-order valence-electron chi connectivity index (χ4n) is 22.8. The van der Waals surface area contributed by atoms with Crippen LogP contribution in [0.15, 0.2) is 206 Å². The molecule has 0 amide bonds. The van der Waals surface area contributed by atoms with E-state index in [1.165, 1.54) is 72.3 Å². The van der Waals surface area contributed by atoms with Crippen molar-refractivity contribution in [2.75, 3.05) is 9.80 Å². The number of hydrogen-bond donors (Lipinski definition) is 2. The normalized spacial score (nSPS) is 21.0. The molecule has 6 heteroatoms. The summed E-state index contributed by atoms with van der Waals surface area (Å²) in [5.41, 5.74) is 27.7. The van der Waals surface area contributed by atoms with Crippen molar-refractivity contribution in [3.63, 3.8) is 0 Å². The molecule has 10 aromatic rings. The van der Waals surface area contributed by atoms with Gasteiger partial charge in [0.2, 0.25) is 0 Å². The lowest BCUT2D eigenvalue weighted by Gasteiger charge is -2.61. The van der Waals surface area contributed by atoms with Crippen LogP contribution in [-0.2, 0) is 43.3 Å². The highest BCUT2D eigenvalue weighted by Crippen LogP contribution is 2.61. The first-order valence-corrected chi connectivity index (χ1v) is 40.2. The van der Waals surface area contributed by atoms with Crippen LogP contribution in [0.25, 0.3) is 44.5 Å². The molecule has 0 heterocycles. The number of phenols is 2. The highest BCUT2D eigenvalue weighted by atomic mass is 16.3. The topological polar surface area (TPSA) is 93.1 Å². The van der Waals surface area contributed by atoms with Gasteiger partial charge in [-0.3, -0.25) is 0 Å². The maximum Gasteiger partial charge on any atom is 0.121 e. The van der Waals surface area contributed by atoms with Gasteiger partial charge in [0, 0.05) is 46.3 Å². The fraction of sp³-hybridized carbons (Fsp3) is 0.400. The van der Waals surface area contributed by atoms with Crippen molar-refractivity contribution in [1.29, 1.82) is 0 Å². The standard InChI is InChI=1S/C100H112N2O4/c1-17-97(18-2)60-94(11,12)87-73(29-26-34-80(87)97)63-37-45-67(46-38-63)101(68-47-39-64(40-48-68)74-30-27-35-81-88(74)95(13,14)61-98(81,19-3)20-4)71-53-55-77(83(103)57-71)85-91(105)86(92(85)106)78-56-54-72(58-84(78)104)102(69-49-41-65(42-50-69)75-31-28-36-82-89(75)96(15,16)62-99(82,21-5)22-6)70-51-43-66(44-52-70)76-32-25-33-79-90(76)100(23-7,24-8)59-93(79,9)10/h25-58,85-86,91-92,103-104H,17-24,59-62H2,1-16H3/q-2. The zero-order valence-electron chi connectivity index (χ0n) is 66.0. The van der Waals surface area contributed by atoms with Crippen molar-refractivity contribution in [2.24, 2.45) is 0 Å². The molecule has 1 fully saturated rings. The molecule has 5 aliphatic carbocycles. The summed E-state index contributed by atoms with van der Waals surface area (Å²) < 4.78 is 0. The average molecular weight is 1410 g/mol. The molecule has 15 rings (SSSR count). The molecule has 5 aliphatic rings. The van der Waals surface area contributed by atoms with Gasteiger partial charge in [0.25, 0.3) is 0 Å². The minimum atomic E-state index is -1.43. The molecule has 106 heavy (non-hydrogen) atoms. The molecule has 1 saturated carbocycles. The van der Waals surface area contributed by atoms with Crippen LogP contribution in [0.5, 0.6) is 11.5 Å². The molecule has 6 nitrogen and oxygen atoms in total. The van der Waals surface area contributed by atoms with E-state index < -0.39 is 24.0 Å². The van der Waals surface area contributed by atoms with Crippen molar-refractivity contribution in [1.82, 2.24) is 0 Å². The summed E-state index contributed by atoms with van der Waals surface area (Å²) in [4.78, 5) is 4.34. The molecular weight excluding hydrogens is 1290 g/mol. The Kier molecular flexibility index (Phi) is 18.3. The first kappa shape index (κ1) is 72.9. The highest BCUT2D eigenvalue weighted by molar-refractivity contribution is 5.85. The number of fused-ring (bicyclic) bond motifs is 4. The largest absolute Gasteiger partial charge is 0.851 e. The van der Waals surface area contributed by atoms with Crippen molar-refractivity contribution in [2.45, 2.75) is 255 Å². The number of rotatable bonds is 20. The maximum atomic E-state index is 15.0. The molecular formula is C100H112N2O4-2. The lowest BCUT2D eigenvalue weighted by atomic mass is 9.63. The van der Waals surface area contributed by atoms with Gasteiger partial charge in [-0.25, -0.2) is 0 Å². The molecule has 0 saturated heterocycles. The Hall–Kier alpha value is -8.68. The van der Waals surface area contributed by atoms with Crippen LogP contribution in [0.1, 0.15) is 255 Å². The molecule has 548 valence electrons.